The highest BCUT2D eigenvalue weighted by molar-refractivity contribution is 5.80. The SMILES string of the molecule is CCNC(=NCCc1cc(F)ccc1F)NC1CCN(CCOC)CC1. The van der Waals surface area contributed by atoms with Gasteiger partial charge < -0.3 is 20.3 Å². The average Bonchev–Trinajstić information content (AvgIpc) is 2.64. The predicted molar refractivity (Wildman–Crippen MR) is 101 cm³/mol. The van der Waals surface area contributed by atoms with E-state index in [4.69, 9.17) is 4.74 Å². The Kier molecular flexibility index (Phi) is 8.77. The highest BCUT2D eigenvalue weighted by Crippen LogP contribution is 2.11. The monoisotopic (exact) mass is 368 g/mol. The fraction of sp³-hybridized carbons (Fsp3) is 0.632. The molecule has 1 aromatic rings. The Hall–Kier alpha value is -1.73. The van der Waals surface area contributed by atoms with Crippen molar-refractivity contribution in [2.75, 3.05) is 46.4 Å². The summed E-state index contributed by atoms with van der Waals surface area (Å²) in [4.78, 5) is 6.92. The van der Waals surface area contributed by atoms with Gasteiger partial charge in [0, 0.05) is 45.9 Å². The predicted octanol–water partition coefficient (Wildman–Crippen LogP) is 2.17. The minimum absolute atomic E-state index is 0.357. The number of likely N-dealkylation sites (tertiary alicyclic amines) is 1. The number of rotatable bonds is 8. The van der Waals surface area contributed by atoms with Crippen LogP contribution in [-0.4, -0.2) is 63.3 Å². The van der Waals surface area contributed by atoms with Crippen LogP contribution in [0, 0.1) is 11.6 Å². The van der Waals surface area contributed by atoms with Crippen molar-refractivity contribution in [1.29, 1.82) is 0 Å². The number of benzene rings is 1. The second-order valence-corrected chi connectivity index (χ2v) is 6.50. The summed E-state index contributed by atoms with van der Waals surface area (Å²) in [5.41, 5.74) is 0.357. The van der Waals surface area contributed by atoms with E-state index in [9.17, 15) is 8.78 Å². The van der Waals surface area contributed by atoms with E-state index >= 15 is 0 Å². The van der Waals surface area contributed by atoms with Crippen molar-refractivity contribution in [3.63, 3.8) is 0 Å². The van der Waals surface area contributed by atoms with Gasteiger partial charge in [0.15, 0.2) is 5.96 Å². The van der Waals surface area contributed by atoms with Gasteiger partial charge in [0.1, 0.15) is 11.6 Å². The molecule has 7 heteroatoms. The number of hydrogen-bond donors (Lipinski definition) is 2. The van der Waals surface area contributed by atoms with Gasteiger partial charge in [0.2, 0.25) is 0 Å². The molecule has 1 fully saturated rings. The van der Waals surface area contributed by atoms with Gasteiger partial charge in [-0.3, -0.25) is 4.99 Å². The average molecular weight is 368 g/mol. The molecular weight excluding hydrogens is 338 g/mol. The molecule has 2 rings (SSSR count). The van der Waals surface area contributed by atoms with Gasteiger partial charge >= 0.3 is 0 Å². The molecule has 26 heavy (non-hydrogen) atoms. The maximum Gasteiger partial charge on any atom is 0.191 e. The Bertz CT molecular complexity index is 575. The molecule has 0 radical (unpaired) electrons. The lowest BCUT2D eigenvalue weighted by Gasteiger charge is -2.32. The Morgan fingerprint density at radius 2 is 2.08 bits per heavy atom. The molecule has 0 aromatic heterocycles. The van der Waals surface area contributed by atoms with Gasteiger partial charge in [-0.2, -0.15) is 0 Å². The minimum Gasteiger partial charge on any atom is -0.383 e. The van der Waals surface area contributed by atoms with Crippen LogP contribution in [0.5, 0.6) is 0 Å². The molecule has 5 nitrogen and oxygen atoms in total. The second-order valence-electron chi connectivity index (χ2n) is 6.50. The first-order valence-corrected chi connectivity index (χ1v) is 9.32. The number of ether oxygens (including phenoxy) is 1. The molecule has 1 aliphatic heterocycles. The van der Waals surface area contributed by atoms with Crippen molar-refractivity contribution in [2.45, 2.75) is 32.2 Å². The van der Waals surface area contributed by atoms with E-state index in [2.05, 4.69) is 20.5 Å². The molecule has 0 bridgehead atoms. The molecule has 0 spiro atoms. The lowest BCUT2D eigenvalue weighted by Crippen LogP contribution is -2.49. The van der Waals surface area contributed by atoms with Crippen molar-refractivity contribution in [3.8, 4) is 0 Å². The Labute approximate surface area is 154 Å². The van der Waals surface area contributed by atoms with Gasteiger partial charge in [-0.25, -0.2) is 8.78 Å². The van der Waals surface area contributed by atoms with E-state index < -0.39 is 5.82 Å². The Morgan fingerprint density at radius 1 is 1.31 bits per heavy atom. The molecule has 146 valence electrons. The zero-order chi connectivity index (χ0) is 18.8. The number of hydrogen-bond acceptors (Lipinski definition) is 3. The highest BCUT2D eigenvalue weighted by atomic mass is 19.1. The van der Waals surface area contributed by atoms with Crippen LogP contribution in [0.3, 0.4) is 0 Å². The van der Waals surface area contributed by atoms with Gasteiger partial charge in [-0.05, 0) is 49.9 Å². The normalized spacial score (nSPS) is 16.7. The van der Waals surface area contributed by atoms with Crippen molar-refractivity contribution >= 4 is 5.96 Å². The summed E-state index contributed by atoms with van der Waals surface area (Å²) in [6.45, 7) is 6.98. The quantitative estimate of drug-likeness (QED) is 0.545. The summed E-state index contributed by atoms with van der Waals surface area (Å²) in [6, 6.07) is 3.90. The van der Waals surface area contributed by atoms with Crippen molar-refractivity contribution in [3.05, 3.63) is 35.4 Å². The van der Waals surface area contributed by atoms with E-state index in [0.29, 0.717) is 24.6 Å². The van der Waals surface area contributed by atoms with E-state index in [-0.39, 0.29) is 5.82 Å². The van der Waals surface area contributed by atoms with Gasteiger partial charge in [-0.15, -0.1) is 0 Å². The third-order valence-corrected chi connectivity index (χ3v) is 4.54. The molecular formula is C19H30F2N4O. The number of aliphatic imine (C=N–C) groups is 1. The summed E-state index contributed by atoms with van der Waals surface area (Å²) in [6.07, 6.45) is 2.47. The summed E-state index contributed by atoms with van der Waals surface area (Å²) in [5, 5.41) is 6.68. The Morgan fingerprint density at radius 3 is 2.77 bits per heavy atom. The molecule has 2 N–H and O–H groups in total. The molecule has 1 heterocycles. The molecule has 0 unspecified atom stereocenters. The van der Waals surface area contributed by atoms with Crippen LogP contribution in [0.4, 0.5) is 8.78 Å². The molecule has 0 aliphatic carbocycles. The maximum absolute atomic E-state index is 13.7. The fourth-order valence-electron chi connectivity index (χ4n) is 3.06. The zero-order valence-electron chi connectivity index (χ0n) is 15.7. The highest BCUT2D eigenvalue weighted by Gasteiger charge is 2.19. The minimum atomic E-state index is -0.421. The molecule has 0 atom stereocenters. The number of halogens is 2. The van der Waals surface area contributed by atoms with Crippen LogP contribution < -0.4 is 10.6 Å². The molecule has 0 saturated carbocycles. The lowest BCUT2D eigenvalue weighted by atomic mass is 10.1. The third kappa shape index (κ3) is 6.88. The molecule has 1 saturated heterocycles. The topological polar surface area (TPSA) is 48.9 Å². The van der Waals surface area contributed by atoms with Crippen molar-refractivity contribution < 1.29 is 13.5 Å². The van der Waals surface area contributed by atoms with Crippen LogP contribution >= 0.6 is 0 Å². The van der Waals surface area contributed by atoms with Gasteiger partial charge in [0.25, 0.3) is 0 Å². The van der Waals surface area contributed by atoms with E-state index in [1.54, 1.807) is 7.11 Å². The van der Waals surface area contributed by atoms with Crippen LogP contribution in [0.1, 0.15) is 25.3 Å². The first kappa shape index (κ1) is 20.6. The number of nitrogens with one attached hydrogen (secondary N) is 2. The molecule has 0 amide bonds. The van der Waals surface area contributed by atoms with Crippen LogP contribution in [0.15, 0.2) is 23.2 Å². The maximum atomic E-state index is 13.7. The zero-order valence-corrected chi connectivity index (χ0v) is 15.7. The lowest BCUT2D eigenvalue weighted by molar-refractivity contribution is 0.128. The van der Waals surface area contributed by atoms with Crippen molar-refractivity contribution in [1.82, 2.24) is 15.5 Å². The number of guanidine groups is 1. The number of piperidine rings is 1. The van der Waals surface area contributed by atoms with Crippen LogP contribution in [0.25, 0.3) is 0 Å². The number of nitrogens with zero attached hydrogens (tertiary/aromatic N) is 2. The van der Waals surface area contributed by atoms with Gasteiger partial charge in [-0.1, -0.05) is 0 Å². The van der Waals surface area contributed by atoms with Crippen LogP contribution in [-0.2, 0) is 11.2 Å². The first-order chi connectivity index (χ1) is 12.6. The smallest absolute Gasteiger partial charge is 0.191 e. The molecule has 1 aliphatic rings. The van der Waals surface area contributed by atoms with E-state index in [0.717, 1.165) is 63.7 Å². The third-order valence-electron chi connectivity index (χ3n) is 4.54. The molecule has 1 aromatic carbocycles. The fourth-order valence-corrected chi connectivity index (χ4v) is 3.06. The van der Waals surface area contributed by atoms with Gasteiger partial charge in [0.05, 0.1) is 6.61 Å². The van der Waals surface area contributed by atoms with Crippen LogP contribution in [0.2, 0.25) is 0 Å². The van der Waals surface area contributed by atoms with E-state index in [1.165, 1.54) is 6.07 Å². The summed E-state index contributed by atoms with van der Waals surface area (Å²) < 4.78 is 32.0. The standard InChI is InChI=1S/C19H30F2N4O/c1-3-22-19(23-9-6-15-14-16(20)4-5-18(15)21)24-17-7-10-25(11-8-17)12-13-26-2/h4-5,14,17H,3,6-13H2,1-2H3,(H2,22,23,24). The van der Waals surface area contributed by atoms with Crippen molar-refractivity contribution in [2.24, 2.45) is 4.99 Å². The van der Waals surface area contributed by atoms with E-state index in [1.807, 2.05) is 6.92 Å². The largest absolute Gasteiger partial charge is 0.383 e. The summed E-state index contributed by atoms with van der Waals surface area (Å²) >= 11 is 0. The number of methoxy groups -OCH3 is 1. The Balaban J connectivity index is 1.82. The summed E-state index contributed by atoms with van der Waals surface area (Å²) in [7, 11) is 1.73. The second kappa shape index (κ2) is 11.1. The summed E-state index contributed by atoms with van der Waals surface area (Å²) in [5.74, 6) is -0.0710. The first-order valence-electron chi connectivity index (χ1n) is 9.32.